The van der Waals surface area contributed by atoms with Crippen LogP contribution in [0.2, 0.25) is 0 Å². The number of carbonyl (C=O) groups excluding carboxylic acids is 2. The van der Waals surface area contributed by atoms with Crippen LogP contribution in [0.25, 0.3) is 5.52 Å². The van der Waals surface area contributed by atoms with E-state index in [1.54, 1.807) is 24.4 Å². The van der Waals surface area contributed by atoms with Gasteiger partial charge in [0.05, 0.1) is 21.7 Å². The molecule has 0 unspecified atom stereocenters. The minimum atomic E-state index is -0.570. The molecule has 3 N–H and O–H groups in total. The molecule has 0 aliphatic heterocycles. The fourth-order valence-corrected chi connectivity index (χ4v) is 3.84. The number of fused-ring (bicyclic) bond motifs is 1. The first-order valence-corrected chi connectivity index (χ1v) is 9.83. The van der Waals surface area contributed by atoms with Crippen molar-refractivity contribution in [1.82, 2.24) is 4.40 Å². The molecule has 0 radical (unpaired) electrons. The Morgan fingerprint density at radius 2 is 1.72 bits per heavy atom. The van der Waals surface area contributed by atoms with Gasteiger partial charge in [0, 0.05) is 29.6 Å². The summed E-state index contributed by atoms with van der Waals surface area (Å²) >= 11 is 0. The van der Waals surface area contributed by atoms with Gasteiger partial charge in [0.2, 0.25) is 5.78 Å². The third kappa shape index (κ3) is 3.69. The van der Waals surface area contributed by atoms with E-state index in [0.29, 0.717) is 11.2 Å². The Hall–Kier alpha value is -4.46. The van der Waals surface area contributed by atoms with Gasteiger partial charge in [-0.05, 0) is 49.2 Å². The van der Waals surface area contributed by atoms with Crippen LogP contribution in [-0.2, 0) is 0 Å². The minimum Gasteiger partial charge on any atom is -0.396 e. The summed E-state index contributed by atoms with van der Waals surface area (Å²) in [6.07, 6.45) is 1.63. The van der Waals surface area contributed by atoms with E-state index < -0.39 is 16.6 Å². The van der Waals surface area contributed by atoms with Crippen molar-refractivity contribution in [3.63, 3.8) is 0 Å². The Balaban J connectivity index is 1.82. The predicted molar refractivity (Wildman–Crippen MR) is 122 cm³/mol. The number of ketones is 1. The Labute approximate surface area is 183 Å². The summed E-state index contributed by atoms with van der Waals surface area (Å²) in [7, 11) is 0. The summed E-state index contributed by atoms with van der Waals surface area (Å²) < 4.78 is 1.53. The maximum Gasteiger partial charge on any atom is 0.270 e. The van der Waals surface area contributed by atoms with Crippen molar-refractivity contribution in [2.24, 2.45) is 0 Å². The molecule has 8 nitrogen and oxygen atoms in total. The third-order valence-corrected chi connectivity index (χ3v) is 5.12. The fraction of sp³-hybridized carbons (Fsp3) is 0.0833. The second-order valence-corrected chi connectivity index (χ2v) is 7.56. The average Bonchev–Trinajstić information content (AvgIpc) is 3.04. The van der Waals surface area contributed by atoms with Crippen LogP contribution >= 0.6 is 0 Å². The smallest absolute Gasteiger partial charge is 0.270 e. The molecule has 0 spiro atoms. The number of aryl methyl sites for hydroxylation is 2. The largest absolute Gasteiger partial charge is 0.396 e. The zero-order chi connectivity index (χ0) is 23.0. The predicted octanol–water partition coefficient (Wildman–Crippen LogP) is 4.53. The summed E-state index contributed by atoms with van der Waals surface area (Å²) in [6.45, 7) is 3.86. The van der Waals surface area contributed by atoms with Crippen molar-refractivity contribution in [3.8, 4) is 0 Å². The average molecular weight is 428 g/mol. The number of nitrogen functional groups attached to an aromatic ring is 1. The monoisotopic (exact) mass is 428 g/mol. The molecule has 2 aromatic carbocycles. The Kier molecular flexibility index (Phi) is 5.19. The number of amides is 1. The number of nitrogens with zero attached hydrogens (tertiary/aromatic N) is 2. The molecule has 4 rings (SSSR count). The van der Waals surface area contributed by atoms with Crippen molar-refractivity contribution < 1.29 is 14.5 Å². The number of nitro benzene ring substituents is 1. The van der Waals surface area contributed by atoms with E-state index in [0.717, 1.165) is 11.1 Å². The van der Waals surface area contributed by atoms with Crippen LogP contribution in [0.1, 0.15) is 37.5 Å². The number of rotatable bonds is 5. The van der Waals surface area contributed by atoms with Crippen LogP contribution in [0.15, 0.2) is 66.9 Å². The Morgan fingerprint density at radius 3 is 2.41 bits per heavy atom. The molecule has 0 aliphatic rings. The van der Waals surface area contributed by atoms with Crippen LogP contribution in [0, 0.1) is 24.0 Å². The number of nitrogens with two attached hydrogens (primary N) is 1. The lowest BCUT2D eigenvalue weighted by atomic mass is 10.1. The second-order valence-electron chi connectivity index (χ2n) is 7.56. The first-order chi connectivity index (χ1) is 15.3. The number of anilines is 2. The zero-order valence-corrected chi connectivity index (χ0v) is 17.5. The molecule has 2 heterocycles. The van der Waals surface area contributed by atoms with Gasteiger partial charge in [-0.15, -0.1) is 0 Å². The summed E-state index contributed by atoms with van der Waals surface area (Å²) in [5.74, 6) is -0.966. The summed E-state index contributed by atoms with van der Waals surface area (Å²) in [5.41, 5.74) is 9.55. The van der Waals surface area contributed by atoms with E-state index in [4.69, 9.17) is 5.73 Å². The molecule has 8 heteroatoms. The molecule has 0 bridgehead atoms. The lowest BCUT2D eigenvalue weighted by molar-refractivity contribution is -0.384. The number of carbonyl (C=O) groups is 2. The van der Waals surface area contributed by atoms with Crippen molar-refractivity contribution in [2.45, 2.75) is 13.8 Å². The van der Waals surface area contributed by atoms with Gasteiger partial charge in [-0.3, -0.25) is 19.7 Å². The van der Waals surface area contributed by atoms with Gasteiger partial charge < -0.3 is 15.5 Å². The molecular formula is C24H20N4O4. The van der Waals surface area contributed by atoms with Gasteiger partial charge >= 0.3 is 0 Å². The van der Waals surface area contributed by atoms with Gasteiger partial charge in [-0.2, -0.15) is 0 Å². The summed E-state index contributed by atoms with van der Waals surface area (Å²) in [6, 6.07) is 16.2. The maximum atomic E-state index is 13.3. The van der Waals surface area contributed by atoms with Gasteiger partial charge in [-0.25, -0.2) is 0 Å². The standard InChI is InChI=1S/C24H20N4O4/c1-14-10-15(2)12-17(11-14)26-24(30)20-19-8-3-4-9-27(19)22(21(20)25)23(29)16-6-5-7-18(13-16)28(31)32/h3-13H,25H2,1-2H3,(H,26,30). The highest BCUT2D eigenvalue weighted by Crippen LogP contribution is 2.30. The molecule has 2 aromatic heterocycles. The van der Waals surface area contributed by atoms with Crippen LogP contribution in [0.4, 0.5) is 17.1 Å². The number of nitro groups is 1. The first kappa shape index (κ1) is 20.8. The van der Waals surface area contributed by atoms with Crippen molar-refractivity contribution in [3.05, 3.63) is 105 Å². The summed E-state index contributed by atoms with van der Waals surface area (Å²) in [4.78, 5) is 37.0. The van der Waals surface area contributed by atoms with Crippen LogP contribution in [0.3, 0.4) is 0 Å². The van der Waals surface area contributed by atoms with E-state index in [1.165, 1.54) is 28.7 Å². The van der Waals surface area contributed by atoms with Crippen molar-refractivity contribution in [2.75, 3.05) is 11.1 Å². The maximum absolute atomic E-state index is 13.3. The number of pyridine rings is 1. The highest BCUT2D eigenvalue weighted by atomic mass is 16.6. The fourth-order valence-electron chi connectivity index (χ4n) is 3.84. The van der Waals surface area contributed by atoms with E-state index in [1.807, 2.05) is 32.0 Å². The van der Waals surface area contributed by atoms with E-state index in [-0.39, 0.29) is 28.2 Å². The topological polar surface area (TPSA) is 120 Å². The number of aromatic nitrogens is 1. The molecule has 1 amide bonds. The molecule has 0 saturated heterocycles. The number of hydrogen-bond acceptors (Lipinski definition) is 5. The van der Waals surface area contributed by atoms with E-state index in [9.17, 15) is 19.7 Å². The molecular weight excluding hydrogens is 408 g/mol. The highest BCUT2D eigenvalue weighted by Gasteiger charge is 2.27. The van der Waals surface area contributed by atoms with Crippen LogP contribution < -0.4 is 11.1 Å². The molecule has 32 heavy (non-hydrogen) atoms. The molecule has 0 fully saturated rings. The normalized spacial score (nSPS) is 10.8. The molecule has 4 aromatic rings. The second kappa shape index (κ2) is 7.99. The van der Waals surface area contributed by atoms with Gasteiger partial charge in [0.25, 0.3) is 11.6 Å². The molecule has 0 atom stereocenters. The lowest BCUT2D eigenvalue weighted by Crippen LogP contribution is -2.14. The molecule has 0 aliphatic carbocycles. The zero-order valence-electron chi connectivity index (χ0n) is 17.5. The quantitative estimate of drug-likeness (QED) is 0.275. The van der Waals surface area contributed by atoms with E-state index >= 15 is 0 Å². The lowest BCUT2D eigenvalue weighted by Gasteiger charge is -2.08. The Bertz CT molecular complexity index is 1380. The number of nitrogens with one attached hydrogen (secondary N) is 1. The third-order valence-electron chi connectivity index (χ3n) is 5.12. The number of benzene rings is 2. The van der Waals surface area contributed by atoms with Crippen molar-refractivity contribution in [1.29, 1.82) is 0 Å². The molecule has 0 saturated carbocycles. The van der Waals surface area contributed by atoms with Gasteiger partial charge in [0.15, 0.2) is 0 Å². The van der Waals surface area contributed by atoms with Crippen LogP contribution in [-0.4, -0.2) is 21.0 Å². The number of non-ortho nitro benzene ring substituents is 1. The van der Waals surface area contributed by atoms with Gasteiger partial charge in [-0.1, -0.05) is 24.3 Å². The minimum absolute atomic E-state index is 0.00887. The first-order valence-electron chi connectivity index (χ1n) is 9.83. The van der Waals surface area contributed by atoms with Crippen molar-refractivity contribution >= 4 is 34.3 Å². The summed E-state index contributed by atoms with van der Waals surface area (Å²) in [5, 5.41) is 14.0. The SMILES string of the molecule is Cc1cc(C)cc(NC(=O)c2c(N)c(C(=O)c3cccc([N+](=O)[O-])c3)n3ccccc23)c1. The highest BCUT2D eigenvalue weighted by molar-refractivity contribution is 6.20. The van der Waals surface area contributed by atoms with Crippen LogP contribution in [0.5, 0.6) is 0 Å². The number of hydrogen-bond donors (Lipinski definition) is 2. The van der Waals surface area contributed by atoms with Gasteiger partial charge in [0.1, 0.15) is 5.69 Å². The molecule has 160 valence electrons. The Morgan fingerprint density at radius 1 is 1.00 bits per heavy atom. The van der Waals surface area contributed by atoms with E-state index in [2.05, 4.69) is 5.32 Å².